The zero-order chi connectivity index (χ0) is 13.5. The fraction of sp³-hybridized carbons (Fsp3) is 0.364. The van der Waals surface area contributed by atoms with Gasteiger partial charge in [0, 0.05) is 20.1 Å². The number of rotatable bonds is 7. The molecule has 1 aromatic rings. The fourth-order valence-electron chi connectivity index (χ4n) is 1.33. The van der Waals surface area contributed by atoms with Crippen molar-refractivity contribution in [2.75, 3.05) is 20.3 Å². The molecule has 0 bridgehead atoms. The molecule has 0 aliphatic carbocycles. The van der Waals surface area contributed by atoms with Gasteiger partial charge < -0.3 is 14.6 Å². The van der Waals surface area contributed by atoms with Crippen LogP contribution in [0.15, 0.2) is 18.2 Å². The summed E-state index contributed by atoms with van der Waals surface area (Å²) < 4.78 is 10.1. The van der Waals surface area contributed by atoms with E-state index >= 15 is 0 Å². The molecular formula is C11H13NO6. The number of hydrogen-bond donors (Lipinski definition) is 1. The van der Waals surface area contributed by atoms with Crippen molar-refractivity contribution in [2.24, 2.45) is 0 Å². The Labute approximate surface area is 103 Å². The minimum absolute atomic E-state index is 0.266. The Morgan fingerprint density at radius 1 is 1.44 bits per heavy atom. The van der Waals surface area contributed by atoms with Crippen molar-refractivity contribution in [1.29, 1.82) is 0 Å². The highest BCUT2D eigenvalue weighted by atomic mass is 16.6. The largest absolute Gasteiger partial charge is 0.493 e. The number of nitrogens with zero attached hydrogens (tertiary/aromatic N) is 1. The summed E-state index contributed by atoms with van der Waals surface area (Å²) in [5.41, 5.74) is -0.837. The van der Waals surface area contributed by atoms with Crippen LogP contribution >= 0.6 is 0 Å². The quantitative estimate of drug-likeness (QED) is 0.452. The molecule has 0 radical (unpaired) electrons. The zero-order valence-corrected chi connectivity index (χ0v) is 9.79. The molecule has 7 nitrogen and oxygen atoms in total. The average molecular weight is 255 g/mol. The van der Waals surface area contributed by atoms with Crippen LogP contribution in [0.5, 0.6) is 5.75 Å². The summed E-state index contributed by atoms with van der Waals surface area (Å²) in [4.78, 5) is 20.8. The Morgan fingerprint density at radius 3 is 2.72 bits per heavy atom. The van der Waals surface area contributed by atoms with E-state index in [1.807, 2.05) is 0 Å². The molecular weight excluding hydrogens is 242 g/mol. The van der Waals surface area contributed by atoms with Gasteiger partial charge in [0.15, 0.2) is 0 Å². The van der Waals surface area contributed by atoms with Gasteiger partial charge in [0.1, 0.15) is 11.3 Å². The highest BCUT2D eigenvalue weighted by Crippen LogP contribution is 2.24. The second-order valence-electron chi connectivity index (χ2n) is 3.44. The van der Waals surface area contributed by atoms with Crippen molar-refractivity contribution in [3.05, 3.63) is 33.9 Å². The summed E-state index contributed by atoms with van der Waals surface area (Å²) in [5.74, 6) is -1.07. The lowest BCUT2D eigenvalue weighted by Gasteiger charge is -2.06. The Kier molecular flexibility index (Phi) is 5.06. The minimum Gasteiger partial charge on any atom is -0.493 e. The van der Waals surface area contributed by atoms with Crippen LogP contribution in [0.3, 0.4) is 0 Å². The molecule has 1 aromatic carbocycles. The maximum atomic E-state index is 10.8. The van der Waals surface area contributed by atoms with E-state index in [9.17, 15) is 14.9 Å². The lowest BCUT2D eigenvalue weighted by Crippen LogP contribution is -2.05. The van der Waals surface area contributed by atoms with Crippen molar-refractivity contribution in [3.8, 4) is 5.75 Å². The topological polar surface area (TPSA) is 98.9 Å². The molecule has 0 spiro atoms. The molecule has 0 saturated carbocycles. The number of carbonyl (C=O) groups is 1. The third-order valence-corrected chi connectivity index (χ3v) is 2.16. The Bertz CT molecular complexity index is 445. The van der Waals surface area contributed by atoms with Gasteiger partial charge in [-0.25, -0.2) is 4.79 Å². The Hall–Kier alpha value is -2.15. The normalized spacial score (nSPS) is 10.1. The number of methoxy groups -OCH3 is 1. The number of nitro groups is 1. The first-order chi connectivity index (χ1) is 8.56. The van der Waals surface area contributed by atoms with E-state index in [-0.39, 0.29) is 11.3 Å². The van der Waals surface area contributed by atoms with Gasteiger partial charge >= 0.3 is 5.97 Å². The van der Waals surface area contributed by atoms with E-state index in [1.165, 1.54) is 6.07 Å². The number of carboxylic acid groups (broad SMARTS) is 1. The summed E-state index contributed by atoms with van der Waals surface area (Å²) in [6, 6.07) is 3.66. The van der Waals surface area contributed by atoms with Gasteiger partial charge in [-0.2, -0.15) is 0 Å². The van der Waals surface area contributed by atoms with Crippen LogP contribution in [0.25, 0.3) is 0 Å². The molecule has 7 heteroatoms. The number of ether oxygens (including phenoxy) is 2. The smallest absolute Gasteiger partial charge is 0.342 e. The van der Waals surface area contributed by atoms with E-state index in [2.05, 4.69) is 0 Å². The van der Waals surface area contributed by atoms with Crippen LogP contribution in [-0.2, 0) is 4.74 Å². The Morgan fingerprint density at radius 2 is 2.17 bits per heavy atom. The molecule has 0 heterocycles. The first-order valence-corrected chi connectivity index (χ1v) is 5.19. The van der Waals surface area contributed by atoms with Crippen molar-refractivity contribution in [1.82, 2.24) is 0 Å². The van der Waals surface area contributed by atoms with E-state index < -0.39 is 16.6 Å². The van der Waals surface area contributed by atoms with Crippen LogP contribution in [0.2, 0.25) is 0 Å². The lowest BCUT2D eigenvalue weighted by molar-refractivity contribution is -0.385. The molecule has 0 aliphatic heterocycles. The van der Waals surface area contributed by atoms with Crippen molar-refractivity contribution < 1.29 is 24.3 Å². The van der Waals surface area contributed by atoms with Crippen LogP contribution < -0.4 is 4.74 Å². The van der Waals surface area contributed by atoms with Crippen LogP contribution in [0.1, 0.15) is 16.8 Å². The van der Waals surface area contributed by atoms with E-state index in [4.69, 9.17) is 14.6 Å². The molecule has 0 aromatic heterocycles. The minimum atomic E-state index is -1.34. The van der Waals surface area contributed by atoms with Gasteiger partial charge in [0.25, 0.3) is 5.69 Å². The van der Waals surface area contributed by atoms with Gasteiger partial charge in [-0.15, -0.1) is 0 Å². The predicted molar refractivity (Wildman–Crippen MR) is 62.0 cm³/mol. The highest BCUT2D eigenvalue weighted by Gasteiger charge is 2.20. The molecule has 1 rings (SSSR count). The molecule has 1 N–H and O–H groups in total. The summed E-state index contributed by atoms with van der Waals surface area (Å²) >= 11 is 0. The first kappa shape index (κ1) is 13.9. The summed E-state index contributed by atoms with van der Waals surface area (Å²) in [6.07, 6.45) is 0.644. The van der Waals surface area contributed by atoms with E-state index in [0.29, 0.717) is 19.6 Å². The molecule has 98 valence electrons. The van der Waals surface area contributed by atoms with E-state index in [0.717, 1.165) is 12.1 Å². The average Bonchev–Trinajstić information content (AvgIpc) is 2.34. The van der Waals surface area contributed by atoms with Crippen molar-refractivity contribution in [2.45, 2.75) is 6.42 Å². The van der Waals surface area contributed by atoms with Crippen molar-refractivity contribution in [3.63, 3.8) is 0 Å². The van der Waals surface area contributed by atoms with E-state index in [1.54, 1.807) is 7.11 Å². The third kappa shape index (κ3) is 3.70. The molecule has 0 aliphatic rings. The van der Waals surface area contributed by atoms with Gasteiger partial charge in [-0.05, 0) is 12.1 Å². The molecule has 0 unspecified atom stereocenters. The number of aromatic carboxylic acids is 1. The maximum absolute atomic E-state index is 10.8. The fourth-order valence-corrected chi connectivity index (χ4v) is 1.33. The molecule has 0 saturated heterocycles. The van der Waals surface area contributed by atoms with Gasteiger partial charge in [0.2, 0.25) is 0 Å². The Balaban J connectivity index is 2.80. The number of carboxylic acids is 1. The lowest BCUT2D eigenvalue weighted by atomic mass is 10.2. The summed E-state index contributed by atoms with van der Waals surface area (Å²) in [5, 5.41) is 19.5. The second kappa shape index (κ2) is 6.55. The van der Waals surface area contributed by atoms with Crippen LogP contribution in [0, 0.1) is 10.1 Å². The van der Waals surface area contributed by atoms with Gasteiger partial charge in [-0.3, -0.25) is 10.1 Å². The predicted octanol–water partition coefficient (Wildman–Crippen LogP) is 1.71. The third-order valence-electron chi connectivity index (χ3n) is 2.16. The monoisotopic (exact) mass is 255 g/mol. The number of nitro benzene ring substituents is 1. The molecule has 0 fully saturated rings. The SMILES string of the molecule is COCCCOc1ccc(C(=O)O)c([N+](=O)[O-])c1. The second-order valence-corrected chi connectivity index (χ2v) is 3.44. The van der Waals surface area contributed by atoms with Gasteiger partial charge in [-0.1, -0.05) is 0 Å². The molecule has 18 heavy (non-hydrogen) atoms. The maximum Gasteiger partial charge on any atom is 0.342 e. The van der Waals surface area contributed by atoms with Crippen LogP contribution in [0.4, 0.5) is 5.69 Å². The number of benzene rings is 1. The highest BCUT2D eigenvalue weighted by molar-refractivity contribution is 5.92. The number of hydrogen-bond acceptors (Lipinski definition) is 5. The van der Waals surface area contributed by atoms with Crippen molar-refractivity contribution >= 4 is 11.7 Å². The van der Waals surface area contributed by atoms with Gasteiger partial charge in [0.05, 0.1) is 17.6 Å². The summed E-state index contributed by atoms with van der Waals surface area (Å²) in [7, 11) is 1.56. The standard InChI is InChI=1S/C11H13NO6/c1-17-5-2-6-18-8-3-4-9(11(13)14)10(7-8)12(15)16/h3-4,7H,2,5-6H2,1H3,(H,13,14). The summed E-state index contributed by atoms with van der Waals surface area (Å²) in [6.45, 7) is 0.868. The first-order valence-electron chi connectivity index (χ1n) is 5.19. The zero-order valence-electron chi connectivity index (χ0n) is 9.79. The van der Waals surface area contributed by atoms with Crippen LogP contribution in [-0.4, -0.2) is 36.3 Å². The molecule has 0 amide bonds. The molecule has 0 atom stereocenters.